The summed E-state index contributed by atoms with van der Waals surface area (Å²) in [5.41, 5.74) is 2.25. The summed E-state index contributed by atoms with van der Waals surface area (Å²) in [5, 5.41) is 3.06. The molecule has 0 bridgehead atoms. The Kier molecular flexibility index (Phi) is 6.03. The van der Waals surface area contributed by atoms with Crippen LogP contribution in [0.25, 0.3) is 0 Å². The van der Waals surface area contributed by atoms with Gasteiger partial charge in [0.1, 0.15) is 11.6 Å². The number of nitrogens with zero attached hydrogens (tertiary/aromatic N) is 4. The zero-order chi connectivity index (χ0) is 20.1. The Balaban J connectivity index is 1.26. The van der Waals surface area contributed by atoms with Gasteiger partial charge in [-0.2, -0.15) is 0 Å². The second-order valence-corrected chi connectivity index (χ2v) is 7.55. The largest absolute Gasteiger partial charge is 0.497 e. The molecule has 0 aliphatic carbocycles. The van der Waals surface area contributed by atoms with Crippen molar-refractivity contribution in [2.45, 2.75) is 19.4 Å². The molecule has 0 atom stereocenters. The van der Waals surface area contributed by atoms with Crippen LogP contribution < -0.4 is 19.9 Å². The smallest absolute Gasteiger partial charge is 0.317 e. The van der Waals surface area contributed by atoms with Crippen LogP contribution in [0.15, 0.2) is 42.6 Å². The van der Waals surface area contributed by atoms with Gasteiger partial charge in [0.25, 0.3) is 0 Å². The fourth-order valence-corrected chi connectivity index (χ4v) is 3.94. The molecule has 29 heavy (non-hydrogen) atoms. The first-order valence-corrected chi connectivity index (χ1v) is 10.3. The lowest BCUT2D eigenvalue weighted by Gasteiger charge is -2.36. The fourth-order valence-electron chi connectivity index (χ4n) is 3.94. The van der Waals surface area contributed by atoms with E-state index < -0.39 is 0 Å². The predicted molar refractivity (Wildman–Crippen MR) is 115 cm³/mol. The van der Waals surface area contributed by atoms with E-state index in [0.29, 0.717) is 19.6 Å². The van der Waals surface area contributed by atoms with Crippen LogP contribution in [-0.4, -0.2) is 62.3 Å². The molecule has 0 spiro atoms. The Labute approximate surface area is 172 Å². The number of urea groups is 1. The first-order chi connectivity index (χ1) is 14.2. The third-order valence-electron chi connectivity index (χ3n) is 5.69. The van der Waals surface area contributed by atoms with Gasteiger partial charge in [-0.05, 0) is 54.8 Å². The van der Waals surface area contributed by atoms with Crippen LogP contribution in [0.4, 0.5) is 16.3 Å². The molecule has 7 heteroatoms. The summed E-state index contributed by atoms with van der Waals surface area (Å²) in [6, 6.07) is 12.1. The van der Waals surface area contributed by atoms with Gasteiger partial charge in [0.05, 0.1) is 7.11 Å². The van der Waals surface area contributed by atoms with Gasteiger partial charge in [0.2, 0.25) is 0 Å². The molecule has 1 aromatic heterocycles. The highest BCUT2D eigenvalue weighted by Crippen LogP contribution is 2.21. The highest BCUT2D eigenvalue weighted by molar-refractivity contribution is 5.74. The summed E-state index contributed by atoms with van der Waals surface area (Å²) in [4.78, 5) is 23.6. The quantitative estimate of drug-likeness (QED) is 0.844. The maximum atomic E-state index is 12.6. The maximum absolute atomic E-state index is 12.6. The number of aromatic nitrogens is 1. The number of piperazine rings is 1. The van der Waals surface area contributed by atoms with Crippen molar-refractivity contribution in [1.82, 2.24) is 15.2 Å². The van der Waals surface area contributed by atoms with Gasteiger partial charge in [0, 0.05) is 57.7 Å². The average molecular weight is 396 g/mol. The standard InChI is InChI=1S/C22H29N5O2/c1-29-20-6-4-19(5-7-20)25-12-14-27(15-13-25)22(28)24-17-18-8-9-23-21(16-18)26-10-2-3-11-26/h4-9,16H,2-3,10-15,17H2,1H3,(H,24,28). The predicted octanol–water partition coefficient (Wildman–Crippen LogP) is 2.72. The van der Waals surface area contributed by atoms with E-state index in [9.17, 15) is 4.79 Å². The first kappa shape index (κ1) is 19.4. The van der Waals surface area contributed by atoms with E-state index in [1.54, 1.807) is 7.11 Å². The zero-order valence-electron chi connectivity index (χ0n) is 17.0. The molecule has 2 aromatic rings. The molecule has 0 radical (unpaired) electrons. The molecule has 2 amide bonds. The van der Waals surface area contributed by atoms with E-state index in [2.05, 4.69) is 38.3 Å². The van der Waals surface area contributed by atoms with Gasteiger partial charge < -0.3 is 24.8 Å². The molecule has 2 saturated heterocycles. The molecule has 4 rings (SSSR count). The second kappa shape index (κ2) is 9.03. The van der Waals surface area contributed by atoms with Gasteiger partial charge in [-0.1, -0.05) is 0 Å². The molecule has 2 fully saturated rings. The van der Waals surface area contributed by atoms with Crippen molar-refractivity contribution in [3.05, 3.63) is 48.2 Å². The van der Waals surface area contributed by atoms with Crippen molar-refractivity contribution >= 4 is 17.5 Å². The van der Waals surface area contributed by atoms with Crippen LogP contribution in [0.1, 0.15) is 18.4 Å². The van der Waals surface area contributed by atoms with Gasteiger partial charge in [-0.3, -0.25) is 0 Å². The van der Waals surface area contributed by atoms with E-state index >= 15 is 0 Å². The third kappa shape index (κ3) is 4.72. The Morgan fingerprint density at radius 3 is 2.41 bits per heavy atom. The molecule has 1 aromatic carbocycles. The average Bonchev–Trinajstić information content (AvgIpc) is 3.33. The molecule has 0 saturated carbocycles. The Hall–Kier alpha value is -2.96. The van der Waals surface area contributed by atoms with E-state index in [-0.39, 0.29) is 6.03 Å². The minimum Gasteiger partial charge on any atom is -0.497 e. The third-order valence-corrected chi connectivity index (χ3v) is 5.69. The summed E-state index contributed by atoms with van der Waals surface area (Å²) in [6.07, 6.45) is 4.29. The molecular weight excluding hydrogens is 366 g/mol. The number of carbonyl (C=O) groups is 1. The highest BCUT2D eigenvalue weighted by Gasteiger charge is 2.21. The Morgan fingerprint density at radius 2 is 1.72 bits per heavy atom. The Morgan fingerprint density at radius 1 is 1.00 bits per heavy atom. The molecule has 7 nitrogen and oxygen atoms in total. The van der Waals surface area contributed by atoms with Crippen molar-refractivity contribution in [2.24, 2.45) is 0 Å². The van der Waals surface area contributed by atoms with Crippen molar-refractivity contribution < 1.29 is 9.53 Å². The van der Waals surface area contributed by atoms with Gasteiger partial charge in [-0.25, -0.2) is 9.78 Å². The minimum atomic E-state index is -0.00100. The maximum Gasteiger partial charge on any atom is 0.317 e. The lowest BCUT2D eigenvalue weighted by molar-refractivity contribution is 0.194. The van der Waals surface area contributed by atoms with Crippen LogP contribution in [-0.2, 0) is 6.54 Å². The number of methoxy groups -OCH3 is 1. The molecule has 3 heterocycles. The number of benzene rings is 1. The SMILES string of the molecule is COc1ccc(N2CCN(C(=O)NCc3ccnc(N4CCCC4)c3)CC2)cc1. The fraction of sp³-hybridized carbons (Fsp3) is 0.455. The topological polar surface area (TPSA) is 60.9 Å². The monoisotopic (exact) mass is 395 g/mol. The number of carbonyl (C=O) groups excluding carboxylic acids is 1. The van der Waals surface area contributed by atoms with Crippen LogP contribution in [0.5, 0.6) is 5.75 Å². The number of hydrogen-bond donors (Lipinski definition) is 1. The van der Waals surface area contributed by atoms with Crippen molar-refractivity contribution in [3.63, 3.8) is 0 Å². The van der Waals surface area contributed by atoms with Gasteiger partial charge in [-0.15, -0.1) is 0 Å². The summed E-state index contributed by atoms with van der Waals surface area (Å²) < 4.78 is 5.22. The van der Waals surface area contributed by atoms with Crippen molar-refractivity contribution in [3.8, 4) is 5.75 Å². The lowest BCUT2D eigenvalue weighted by atomic mass is 10.2. The number of hydrogen-bond acceptors (Lipinski definition) is 5. The number of amides is 2. The van der Waals surface area contributed by atoms with E-state index in [1.165, 1.54) is 12.8 Å². The molecule has 2 aliphatic heterocycles. The van der Waals surface area contributed by atoms with Crippen LogP contribution in [0.2, 0.25) is 0 Å². The van der Waals surface area contributed by atoms with Crippen LogP contribution in [0, 0.1) is 0 Å². The number of anilines is 2. The molecule has 0 unspecified atom stereocenters. The normalized spacial score (nSPS) is 16.8. The van der Waals surface area contributed by atoms with Crippen molar-refractivity contribution in [2.75, 3.05) is 56.2 Å². The zero-order valence-corrected chi connectivity index (χ0v) is 17.0. The number of pyridine rings is 1. The first-order valence-electron chi connectivity index (χ1n) is 10.3. The summed E-state index contributed by atoms with van der Waals surface area (Å²) in [6.45, 7) is 5.76. The number of rotatable bonds is 5. The van der Waals surface area contributed by atoms with Gasteiger partial charge in [0.15, 0.2) is 0 Å². The van der Waals surface area contributed by atoms with E-state index in [0.717, 1.165) is 49.0 Å². The molecular formula is C22H29N5O2. The van der Waals surface area contributed by atoms with E-state index in [4.69, 9.17) is 4.74 Å². The lowest BCUT2D eigenvalue weighted by Crippen LogP contribution is -2.51. The van der Waals surface area contributed by atoms with Crippen LogP contribution in [0.3, 0.4) is 0 Å². The summed E-state index contributed by atoms with van der Waals surface area (Å²) in [5.74, 6) is 1.87. The second-order valence-electron chi connectivity index (χ2n) is 7.55. The Bertz CT molecular complexity index is 812. The van der Waals surface area contributed by atoms with E-state index in [1.807, 2.05) is 29.3 Å². The van der Waals surface area contributed by atoms with Crippen molar-refractivity contribution in [1.29, 1.82) is 0 Å². The number of nitrogens with one attached hydrogen (secondary N) is 1. The highest BCUT2D eigenvalue weighted by atomic mass is 16.5. The molecule has 1 N–H and O–H groups in total. The summed E-state index contributed by atoms with van der Waals surface area (Å²) in [7, 11) is 1.67. The van der Waals surface area contributed by atoms with Gasteiger partial charge >= 0.3 is 6.03 Å². The summed E-state index contributed by atoms with van der Waals surface area (Å²) >= 11 is 0. The number of ether oxygens (including phenoxy) is 1. The minimum absolute atomic E-state index is 0.00100. The van der Waals surface area contributed by atoms with Crippen LogP contribution >= 0.6 is 0 Å². The molecule has 154 valence electrons. The molecule has 2 aliphatic rings.